The van der Waals surface area contributed by atoms with Crippen molar-refractivity contribution in [2.24, 2.45) is 0 Å². The van der Waals surface area contributed by atoms with Crippen molar-refractivity contribution < 1.29 is 9.59 Å². The minimum atomic E-state index is -0.101. The summed E-state index contributed by atoms with van der Waals surface area (Å²) < 4.78 is 0. The summed E-state index contributed by atoms with van der Waals surface area (Å²) in [6.07, 6.45) is 0.457. The maximum Gasteiger partial charge on any atom is 0.321 e. The van der Waals surface area contributed by atoms with E-state index >= 15 is 0 Å². The van der Waals surface area contributed by atoms with Crippen LogP contribution in [0.3, 0.4) is 0 Å². The Morgan fingerprint density at radius 3 is 2.21 bits per heavy atom. The van der Waals surface area contributed by atoms with E-state index in [9.17, 15) is 9.59 Å². The van der Waals surface area contributed by atoms with Gasteiger partial charge in [0.25, 0.3) is 0 Å². The Balaban J connectivity index is 0.00000529. The van der Waals surface area contributed by atoms with Gasteiger partial charge in [0.1, 0.15) is 0 Å². The molecule has 1 aromatic carbocycles. The molecular formula is C17H29ClN4O2. The first-order valence-electron chi connectivity index (χ1n) is 8.11. The van der Waals surface area contributed by atoms with Crippen LogP contribution in [0.4, 0.5) is 10.5 Å². The number of amides is 3. The zero-order valence-corrected chi connectivity index (χ0v) is 15.7. The van der Waals surface area contributed by atoms with E-state index in [0.29, 0.717) is 26.1 Å². The summed E-state index contributed by atoms with van der Waals surface area (Å²) >= 11 is 0. The van der Waals surface area contributed by atoms with Crippen molar-refractivity contribution in [1.29, 1.82) is 0 Å². The Morgan fingerprint density at radius 1 is 1.12 bits per heavy atom. The molecule has 0 aliphatic rings. The van der Waals surface area contributed by atoms with Crippen LogP contribution in [0.15, 0.2) is 24.3 Å². The highest BCUT2D eigenvalue weighted by Gasteiger charge is 2.11. The lowest BCUT2D eigenvalue weighted by Gasteiger charge is -2.19. The Bertz CT molecular complexity index is 504. The standard InChI is InChI=1S/C17H28N4O2.ClH/c1-5-21(6-2)17(23)20-15-9-7-14(8-10-15)13(3)19-16(22)11-12-18-4;/h7-10,13,18H,5-6,11-12H2,1-4H3,(H,19,22)(H,20,23);1H. The molecule has 7 heteroatoms. The van der Waals surface area contributed by atoms with Gasteiger partial charge in [-0.1, -0.05) is 12.1 Å². The van der Waals surface area contributed by atoms with Crippen LogP contribution in [-0.4, -0.2) is 43.5 Å². The molecule has 3 amide bonds. The van der Waals surface area contributed by atoms with Gasteiger partial charge in [-0.25, -0.2) is 4.79 Å². The Labute approximate surface area is 150 Å². The third kappa shape index (κ3) is 7.19. The van der Waals surface area contributed by atoms with Crippen LogP contribution in [0.5, 0.6) is 0 Å². The molecule has 1 aromatic rings. The van der Waals surface area contributed by atoms with Gasteiger partial charge in [0.05, 0.1) is 6.04 Å². The minimum absolute atomic E-state index is 0. The SMILES string of the molecule is CCN(CC)C(=O)Nc1ccc(C(C)NC(=O)CCNC)cc1.Cl. The van der Waals surface area contributed by atoms with E-state index in [-0.39, 0.29) is 30.4 Å². The maximum absolute atomic E-state index is 12.0. The lowest BCUT2D eigenvalue weighted by molar-refractivity contribution is -0.121. The summed E-state index contributed by atoms with van der Waals surface area (Å²) in [4.78, 5) is 25.4. The second-order valence-corrected chi connectivity index (χ2v) is 5.37. The minimum Gasteiger partial charge on any atom is -0.350 e. The Hall–Kier alpha value is -1.79. The molecule has 0 radical (unpaired) electrons. The monoisotopic (exact) mass is 356 g/mol. The average Bonchev–Trinajstić information content (AvgIpc) is 2.54. The molecule has 1 unspecified atom stereocenters. The summed E-state index contributed by atoms with van der Waals surface area (Å²) in [5, 5.41) is 8.77. The van der Waals surface area contributed by atoms with Crippen LogP contribution in [-0.2, 0) is 4.79 Å². The molecule has 0 aliphatic carbocycles. The van der Waals surface area contributed by atoms with Gasteiger partial charge in [-0.15, -0.1) is 12.4 Å². The molecule has 0 bridgehead atoms. The van der Waals surface area contributed by atoms with E-state index in [2.05, 4.69) is 16.0 Å². The number of nitrogens with one attached hydrogen (secondary N) is 3. The largest absolute Gasteiger partial charge is 0.350 e. The number of carbonyl (C=O) groups excluding carboxylic acids is 2. The van der Waals surface area contributed by atoms with Gasteiger partial charge in [-0.2, -0.15) is 0 Å². The first kappa shape index (κ1) is 22.2. The maximum atomic E-state index is 12.0. The number of hydrogen-bond donors (Lipinski definition) is 3. The fraction of sp³-hybridized carbons (Fsp3) is 0.529. The third-order valence-electron chi connectivity index (χ3n) is 3.69. The van der Waals surface area contributed by atoms with E-state index in [1.165, 1.54) is 0 Å². The number of urea groups is 1. The smallest absolute Gasteiger partial charge is 0.321 e. The molecule has 0 heterocycles. The van der Waals surface area contributed by atoms with Gasteiger partial charge >= 0.3 is 6.03 Å². The molecule has 1 atom stereocenters. The lowest BCUT2D eigenvalue weighted by Crippen LogP contribution is -2.34. The molecule has 0 fully saturated rings. The normalized spacial score (nSPS) is 11.2. The van der Waals surface area contributed by atoms with E-state index in [4.69, 9.17) is 0 Å². The molecule has 0 aromatic heterocycles. The quantitative estimate of drug-likeness (QED) is 0.670. The third-order valence-corrected chi connectivity index (χ3v) is 3.69. The van der Waals surface area contributed by atoms with Crippen LogP contribution in [0.1, 0.15) is 38.8 Å². The van der Waals surface area contributed by atoms with Crippen molar-refractivity contribution in [3.05, 3.63) is 29.8 Å². The molecule has 0 spiro atoms. The number of halogens is 1. The van der Waals surface area contributed by atoms with Crippen LogP contribution in [0.25, 0.3) is 0 Å². The van der Waals surface area contributed by atoms with Crippen molar-refractivity contribution in [3.63, 3.8) is 0 Å². The molecule has 0 saturated carbocycles. The van der Waals surface area contributed by atoms with Gasteiger partial charge in [-0.05, 0) is 45.5 Å². The molecule has 0 aliphatic heterocycles. The number of hydrogen-bond acceptors (Lipinski definition) is 3. The van der Waals surface area contributed by atoms with E-state index < -0.39 is 0 Å². The molecule has 0 saturated heterocycles. The predicted octanol–water partition coefficient (Wildman–Crippen LogP) is 2.77. The van der Waals surface area contributed by atoms with E-state index in [0.717, 1.165) is 11.3 Å². The van der Waals surface area contributed by atoms with Gasteiger partial charge < -0.3 is 20.9 Å². The second-order valence-electron chi connectivity index (χ2n) is 5.37. The molecule has 6 nitrogen and oxygen atoms in total. The summed E-state index contributed by atoms with van der Waals surface area (Å²) in [7, 11) is 1.82. The Kier molecular flexibility index (Phi) is 10.8. The van der Waals surface area contributed by atoms with E-state index in [1.54, 1.807) is 4.90 Å². The highest BCUT2D eigenvalue weighted by Crippen LogP contribution is 2.16. The van der Waals surface area contributed by atoms with Gasteiger partial charge in [-0.3, -0.25) is 4.79 Å². The molecule has 3 N–H and O–H groups in total. The van der Waals surface area contributed by atoms with Crippen molar-refractivity contribution >= 4 is 30.0 Å². The van der Waals surface area contributed by atoms with Crippen LogP contribution in [0.2, 0.25) is 0 Å². The highest BCUT2D eigenvalue weighted by atomic mass is 35.5. The first-order chi connectivity index (χ1) is 11.0. The van der Waals surface area contributed by atoms with Gasteiger partial charge in [0, 0.05) is 31.7 Å². The fourth-order valence-corrected chi connectivity index (χ4v) is 2.20. The number of nitrogens with zero attached hydrogens (tertiary/aromatic N) is 1. The van der Waals surface area contributed by atoms with Gasteiger partial charge in [0.15, 0.2) is 0 Å². The van der Waals surface area contributed by atoms with Crippen molar-refractivity contribution in [2.45, 2.75) is 33.2 Å². The predicted molar refractivity (Wildman–Crippen MR) is 101 cm³/mol. The number of anilines is 1. The van der Waals surface area contributed by atoms with Crippen LogP contribution >= 0.6 is 12.4 Å². The first-order valence-corrected chi connectivity index (χ1v) is 8.11. The summed E-state index contributed by atoms with van der Waals surface area (Å²) in [5.74, 6) is 0.0192. The molecule has 136 valence electrons. The second kappa shape index (κ2) is 11.7. The number of benzene rings is 1. The highest BCUT2D eigenvalue weighted by molar-refractivity contribution is 5.89. The summed E-state index contributed by atoms with van der Waals surface area (Å²) in [6, 6.07) is 7.38. The average molecular weight is 357 g/mol. The van der Waals surface area contributed by atoms with Gasteiger partial charge in [0.2, 0.25) is 5.91 Å². The van der Waals surface area contributed by atoms with Crippen LogP contribution in [0, 0.1) is 0 Å². The zero-order chi connectivity index (χ0) is 17.2. The number of rotatable bonds is 8. The topological polar surface area (TPSA) is 73.5 Å². The summed E-state index contributed by atoms with van der Waals surface area (Å²) in [5.41, 5.74) is 1.75. The molecule has 24 heavy (non-hydrogen) atoms. The number of carbonyl (C=O) groups is 2. The molecular weight excluding hydrogens is 328 g/mol. The van der Waals surface area contributed by atoms with Crippen molar-refractivity contribution in [1.82, 2.24) is 15.5 Å². The van der Waals surface area contributed by atoms with Crippen LogP contribution < -0.4 is 16.0 Å². The Morgan fingerprint density at radius 2 is 1.71 bits per heavy atom. The molecule has 1 rings (SSSR count). The van der Waals surface area contributed by atoms with Crippen molar-refractivity contribution in [2.75, 3.05) is 32.0 Å². The van der Waals surface area contributed by atoms with E-state index in [1.807, 2.05) is 52.1 Å². The summed E-state index contributed by atoms with van der Waals surface area (Å²) in [6.45, 7) is 7.86. The van der Waals surface area contributed by atoms with Crippen molar-refractivity contribution in [3.8, 4) is 0 Å². The fourth-order valence-electron chi connectivity index (χ4n) is 2.20. The zero-order valence-electron chi connectivity index (χ0n) is 14.9. The lowest BCUT2D eigenvalue weighted by atomic mass is 10.1.